The third-order valence-corrected chi connectivity index (χ3v) is 4.46. The van der Waals surface area contributed by atoms with E-state index in [1.165, 1.54) is 6.42 Å². The van der Waals surface area contributed by atoms with E-state index in [4.69, 9.17) is 4.74 Å². The maximum absolute atomic E-state index is 12.2. The topological polar surface area (TPSA) is 57.2 Å². The largest absolute Gasteiger partial charge is 0.378 e. The van der Waals surface area contributed by atoms with Crippen LogP contribution in [0.25, 0.3) is 0 Å². The summed E-state index contributed by atoms with van der Waals surface area (Å²) in [5.41, 5.74) is 0. The van der Waals surface area contributed by atoms with Crippen LogP contribution in [-0.2, 0) is 9.53 Å². The number of hydrogen-bond acceptors (Lipinski definition) is 3. The molecule has 6 nitrogen and oxygen atoms in total. The van der Waals surface area contributed by atoms with Crippen LogP contribution < -0.4 is 5.32 Å². The molecule has 0 bridgehead atoms. The Hall–Kier alpha value is -1.30. The number of carbonyl (C=O) groups is 1. The molecule has 0 aromatic heterocycles. The SMILES string of the molecule is CCOC1CCN(C(=NC)NCC(=O)N2CCCCC2)CC1. The third kappa shape index (κ3) is 4.87. The number of piperidine rings is 2. The predicted octanol–water partition coefficient (Wildman–Crippen LogP) is 1.08. The van der Waals surface area contributed by atoms with Crippen molar-refractivity contribution in [2.75, 3.05) is 46.4 Å². The molecule has 0 radical (unpaired) electrons. The quantitative estimate of drug-likeness (QED) is 0.623. The number of likely N-dealkylation sites (tertiary alicyclic amines) is 2. The predicted molar refractivity (Wildman–Crippen MR) is 88.0 cm³/mol. The zero-order valence-corrected chi connectivity index (χ0v) is 14.0. The van der Waals surface area contributed by atoms with Crippen molar-refractivity contribution in [1.82, 2.24) is 15.1 Å². The molecule has 2 aliphatic rings. The van der Waals surface area contributed by atoms with Crippen LogP contribution >= 0.6 is 0 Å². The highest BCUT2D eigenvalue weighted by Crippen LogP contribution is 2.13. The molecule has 0 aromatic carbocycles. The van der Waals surface area contributed by atoms with Crippen molar-refractivity contribution in [2.45, 2.75) is 45.1 Å². The Balaban J connectivity index is 1.74. The first-order valence-corrected chi connectivity index (χ1v) is 8.59. The van der Waals surface area contributed by atoms with Crippen LogP contribution in [-0.4, -0.2) is 74.1 Å². The molecule has 0 unspecified atom stereocenters. The van der Waals surface area contributed by atoms with E-state index in [0.29, 0.717) is 12.6 Å². The average Bonchev–Trinajstić information content (AvgIpc) is 2.57. The van der Waals surface area contributed by atoms with Crippen LogP contribution in [0.2, 0.25) is 0 Å². The molecule has 22 heavy (non-hydrogen) atoms. The van der Waals surface area contributed by atoms with Gasteiger partial charge in [-0.05, 0) is 39.0 Å². The Morgan fingerprint density at radius 2 is 1.82 bits per heavy atom. The lowest BCUT2D eigenvalue weighted by Gasteiger charge is -2.34. The van der Waals surface area contributed by atoms with E-state index in [1.807, 2.05) is 11.8 Å². The fraction of sp³-hybridized carbons (Fsp3) is 0.875. The van der Waals surface area contributed by atoms with Crippen LogP contribution in [0.3, 0.4) is 0 Å². The number of guanidine groups is 1. The number of carbonyl (C=O) groups excluding carboxylic acids is 1. The van der Waals surface area contributed by atoms with Gasteiger partial charge in [0.15, 0.2) is 5.96 Å². The minimum atomic E-state index is 0.185. The minimum Gasteiger partial charge on any atom is -0.378 e. The second-order valence-corrected chi connectivity index (χ2v) is 5.98. The second-order valence-electron chi connectivity index (χ2n) is 5.98. The highest BCUT2D eigenvalue weighted by atomic mass is 16.5. The molecule has 2 saturated heterocycles. The summed E-state index contributed by atoms with van der Waals surface area (Å²) in [7, 11) is 1.78. The van der Waals surface area contributed by atoms with Gasteiger partial charge in [0, 0.05) is 39.8 Å². The van der Waals surface area contributed by atoms with Gasteiger partial charge in [-0.3, -0.25) is 9.79 Å². The molecule has 2 aliphatic heterocycles. The van der Waals surface area contributed by atoms with Gasteiger partial charge in [0.2, 0.25) is 5.91 Å². The molecule has 0 atom stereocenters. The highest BCUT2D eigenvalue weighted by Gasteiger charge is 2.22. The lowest BCUT2D eigenvalue weighted by Crippen LogP contribution is -2.50. The fourth-order valence-corrected chi connectivity index (χ4v) is 3.21. The molecule has 2 fully saturated rings. The van der Waals surface area contributed by atoms with E-state index in [2.05, 4.69) is 15.2 Å². The van der Waals surface area contributed by atoms with E-state index in [9.17, 15) is 4.79 Å². The Kier molecular flexibility index (Phi) is 6.96. The number of nitrogens with zero attached hydrogens (tertiary/aromatic N) is 3. The second kappa shape index (κ2) is 8.98. The minimum absolute atomic E-state index is 0.185. The Morgan fingerprint density at radius 3 is 2.41 bits per heavy atom. The fourth-order valence-electron chi connectivity index (χ4n) is 3.21. The van der Waals surface area contributed by atoms with Gasteiger partial charge in [-0.1, -0.05) is 0 Å². The van der Waals surface area contributed by atoms with Gasteiger partial charge < -0.3 is 19.9 Å². The van der Waals surface area contributed by atoms with Crippen molar-refractivity contribution in [3.05, 3.63) is 0 Å². The van der Waals surface area contributed by atoms with Crippen LogP contribution in [0.15, 0.2) is 4.99 Å². The molecule has 126 valence electrons. The van der Waals surface area contributed by atoms with Gasteiger partial charge in [0.05, 0.1) is 12.6 Å². The van der Waals surface area contributed by atoms with Gasteiger partial charge in [-0.15, -0.1) is 0 Å². The number of amides is 1. The molecule has 6 heteroatoms. The van der Waals surface area contributed by atoms with Crippen LogP contribution in [0.1, 0.15) is 39.0 Å². The van der Waals surface area contributed by atoms with Crippen LogP contribution in [0, 0.1) is 0 Å². The zero-order chi connectivity index (χ0) is 15.8. The van der Waals surface area contributed by atoms with E-state index < -0.39 is 0 Å². The van der Waals surface area contributed by atoms with Gasteiger partial charge in [-0.2, -0.15) is 0 Å². The number of hydrogen-bond donors (Lipinski definition) is 1. The van der Waals surface area contributed by atoms with Crippen LogP contribution in [0.4, 0.5) is 0 Å². The summed E-state index contributed by atoms with van der Waals surface area (Å²) in [5.74, 6) is 1.02. The first-order chi connectivity index (χ1) is 10.7. The van der Waals surface area contributed by atoms with Gasteiger partial charge in [0.1, 0.15) is 0 Å². The van der Waals surface area contributed by atoms with Crippen molar-refractivity contribution in [3.63, 3.8) is 0 Å². The molecular formula is C16H30N4O2. The van der Waals surface area contributed by atoms with Crippen molar-refractivity contribution < 1.29 is 9.53 Å². The summed E-state index contributed by atoms with van der Waals surface area (Å²) < 4.78 is 5.67. The standard InChI is InChI=1S/C16H30N4O2/c1-3-22-14-7-11-20(12-8-14)16(17-2)18-13-15(21)19-9-5-4-6-10-19/h14H,3-13H2,1-2H3,(H,17,18). The first-order valence-electron chi connectivity index (χ1n) is 8.59. The number of rotatable bonds is 4. The molecule has 0 aliphatic carbocycles. The summed E-state index contributed by atoms with van der Waals surface area (Å²) in [4.78, 5) is 20.7. The monoisotopic (exact) mass is 310 g/mol. The summed E-state index contributed by atoms with van der Waals surface area (Å²) in [6, 6.07) is 0. The third-order valence-electron chi connectivity index (χ3n) is 4.46. The van der Waals surface area contributed by atoms with Crippen molar-refractivity contribution in [3.8, 4) is 0 Å². The first kappa shape index (κ1) is 17.1. The lowest BCUT2D eigenvalue weighted by atomic mass is 10.1. The van der Waals surface area contributed by atoms with Gasteiger partial charge in [0.25, 0.3) is 0 Å². The molecule has 0 aromatic rings. The number of aliphatic imine (C=N–C) groups is 1. The normalized spacial score (nSPS) is 21.1. The smallest absolute Gasteiger partial charge is 0.241 e. The van der Waals surface area contributed by atoms with Crippen molar-refractivity contribution >= 4 is 11.9 Å². The maximum Gasteiger partial charge on any atom is 0.241 e. The molecular weight excluding hydrogens is 280 g/mol. The number of ether oxygens (including phenoxy) is 1. The average molecular weight is 310 g/mol. The maximum atomic E-state index is 12.2. The van der Waals surface area contributed by atoms with Crippen molar-refractivity contribution in [2.24, 2.45) is 4.99 Å². The lowest BCUT2D eigenvalue weighted by molar-refractivity contribution is -0.130. The van der Waals surface area contributed by atoms with Gasteiger partial charge in [-0.25, -0.2) is 0 Å². The Labute approximate surface area is 133 Å². The highest BCUT2D eigenvalue weighted by molar-refractivity contribution is 5.86. The van der Waals surface area contributed by atoms with Crippen LogP contribution in [0.5, 0.6) is 0 Å². The van der Waals surface area contributed by atoms with Gasteiger partial charge >= 0.3 is 0 Å². The summed E-state index contributed by atoms with van der Waals surface area (Å²) in [6.45, 7) is 6.83. The molecule has 0 saturated carbocycles. The summed E-state index contributed by atoms with van der Waals surface area (Å²) >= 11 is 0. The van der Waals surface area contributed by atoms with Crippen molar-refractivity contribution in [1.29, 1.82) is 0 Å². The summed E-state index contributed by atoms with van der Waals surface area (Å²) in [5, 5.41) is 3.23. The summed E-state index contributed by atoms with van der Waals surface area (Å²) in [6.07, 6.45) is 5.92. The molecule has 2 rings (SSSR count). The molecule has 1 N–H and O–H groups in total. The van der Waals surface area contributed by atoms with E-state index in [-0.39, 0.29) is 5.91 Å². The van der Waals surface area contributed by atoms with E-state index >= 15 is 0 Å². The number of nitrogens with one attached hydrogen (secondary N) is 1. The van der Waals surface area contributed by atoms with E-state index in [0.717, 1.165) is 64.4 Å². The molecule has 0 spiro atoms. The zero-order valence-electron chi connectivity index (χ0n) is 14.0. The molecule has 2 heterocycles. The Bertz CT molecular complexity index is 372. The Morgan fingerprint density at radius 1 is 1.14 bits per heavy atom. The molecule has 1 amide bonds. The van der Waals surface area contributed by atoms with E-state index in [1.54, 1.807) is 7.05 Å².